The minimum atomic E-state index is -0.109. The van der Waals surface area contributed by atoms with Crippen LogP contribution < -0.4 is 20.1 Å². The summed E-state index contributed by atoms with van der Waals surface area (Å²) in [6.07, 6.45) is 1.58. The SMILES string of the molecule is CC(C)N1C[C@H](NCc2cccc3ccccc23)C[C@H]1C(=O)NCCc1ccc2c(c1)OCO2. The lowest BCUT2D eigenvalue weighted by atomic mass is 10.0. The van der Waals surface area contributed by atoms with Crippen LogP contribution in [0.4, 0.5) is 0 Å². The lowest BCUT2D eigenvalue weighted by Gasteiger charge is -2.27. The van der Waals surface area contributed by atoms with Crippen molar-refractivity contribution in [2.75, 3.05) is 19.9 Å². The molecule has 0 aliphatic carbocycles. The molecule has 3 aromatic rings. The first-order valence-corrected chi connectivity index (χ1v) is 12.2. The van der Waals surface area contributed by atoms with Crippen molar-refractivity contribution in [2.24, 2.45) is 0 Å². The number of carbonyl (C=O) groups is 1. The minimum absolute atomic E-state index is 0.109. The fourth-order valence-corrected chi connectivity index (χ4v) is 5.08. The Labute approximate surface area is 201 Å². The molecule has 2 aliphatic rings. The molecule has 0 radical (unpaired) electrons. The molecule has 2 N–H and O–H groups in total. The van der Waals surface area contributed by atoms with Gasteiger partial charge in [-0.2, -0.15) is 0 Å². The second-order valence-corrected chi connectivity index (χ2v) is 9.49. The standard InChI is InChI=1S/C28H33N3O3/c1-19(2)31-17-23(30-16-22-8-5-7-21-6-3-4-9-24(21)22)15-25(31)28(32)29-13-12-20-10-11-26-27(14-20)34-18-33-26/h3-11,14,19,23,25,30H,12-13,15-18H2,1-2H3,(H,29,32)/t23-,25+/m1/s1. The van der Waals surface area contributed by atoms with Gasteiger partial charge >= 0.3 is 0 Å². The molecular weight excluding hydrogens is 426 g/mol. The topological polar surface area (TPSA) is 62.8 Å². The molecule has 6 heteroatoms. The van der Waals surface area contributed by atoms with Crippen molar-refractivity contribution < 1.29 is 14.3 Å². The lowest BCUT2D eigenvalue weighted by Crippen LogP contribution is -2.46. The molecule has 2 aliphatic heterocycles. The third-order valence-corrected chi connectivity index (χ3v) is 6.92. The molecule has 2 atom stereocenters. The van der Waals surface area contributed by atoms with Crippen LogP contribution >= 0.6 is 0 Å². The second kappa shape index (κ2) is 10.0. The highest BCUT2D eigenvalue weighted by Gasteiger charge is 2.37. The summed E-state index contributed by atoms with van der Waals surface area (Å²) >= 11 is 0. The first kappa shape index (κ1) is 22.7. The van der Waals surface area contributed by atoms with E-state index in [-0.39, 0.29) is 24.8 Å². The highest BCUT2D eigenvalue weighted by molar-refractivity contribution is 5.85. The number of hydrogen-bond donors (Lipinski definition) is 2. The highest BCUT2D eigenvalue weighted by atomic mass is 16.7. The van der Waals surface area contributed by atoms with Gasteiger partial charge in [-0.25, -0.2) is 0 Å². The number of fused-ring (bicyclic) bond motifs is 2. The van der Waals surface area contributed by atoms with E-state index in [1.807, 2.05) is 18.2 Å². The second-order valence-electron chi connectivity index (χ2n) is 9.49. The number of rotatable bonds is 8. The van der Waals surface area contributed by atoms with Crippen molar-refractivity contribution in [3.05, 3.63) is 71.8 Å². The Morgan fingerprint density at radius 2 is 1.88 bits per heavy atom. The summed E-state index contributed by atoms with van der Waals surface area (Å²) in [5.41, 5.74) is 2.43. The van der Waals surface area contributed by atoms with Crippen LogP contribution in [0, 0.1) is 0 Å². The van der Waals surface area contributed by atoms with Gasteiger partial charge in [0.05, 0.1) is 6.04 Å². The molecule has 0 spiro atoms. The van der Waals surface area contributed by atoms with Crippen molar-refractivity contribution >= 4 is 16.7 Å². The molecule has 0 bridgehead atoms. The van der Waals surface area contributed by atoms with E-state index in [2.05, 4.69) is 71.8 Å². The number of benzene rings is 3. The average molecular weight is 460 g/mol. The summed E-state index contributed by atoms with van der Waals surface area (Å²) in [6, 6.07) is 21.4. The number of hydrogen-bond acceptors (Lipinski definition) is 5. The number of nitrogens with zero attached hydrogens (tertiary/aromatic N) is 1. The molecule has 178 valence electrons. The third-order valence-electron chi connectivity index (χ3n) is 6.92. The number of ether oxygens (including phenoxy) is 2. The van der Waals surface area contributed by atoms with Crippen LogP contribution in [-0.4, -0.2) is 48.8 Å². The predicted octanol–water partition coefficient (Wildman–Crippen LogP) is 3.87. The molecule has 5 rings (SSSR count). The van der Waals surface area contributed by atoms with Crippen molar-refractivity contribution in [1.29, 1.82) is 0 Å². The molecule has 2 heterocycles. The maximum Gasteiger partial charge on any atom is 0.237 e. The van der Waals surface area contributed by atoms with Gasteiger partial charge in [0.1, 0.15) is 0 Å². The zero-order valence-corrected chi connectivity index (χ0v) is 19.9. The van der Waals surface area contributed by atoms with E-state index in [9.17, 15) is 4.79 Å². The van der Waals surface area contributed by atoms with Gasteiger partial charge in [0.2, 0.25) is 12.7 Å². The Balaban J connectivity index is 1.16. The highest BCUT2D eigenvalue weighted by Crippen LogP contribution is 2.32. The summed E-state index contributed by atoms with van der Waals surface area (Å²) in [7, 11) is 0. The fraction of sp³-hybridized carbons (Fsp3) is 0.393. The third kappa shape index (κ3) is 4.88. The van der Waals surface area contributed by atoms with E-state index < -0.39 is 0 Å². The van der Waals surface area contributed by atoms with Gasteiger partial charge in [-0.1, -0.05) is 48.5 Å². The van der Waals surface area contributed by atoms with E-state index in [0.717, 1.165) is 43.0 Å². The normalized spacial score (nSPS) is 19.7. The Morgan fingerprint density at radius 1 is 1.06 bits per heavy atom. The zero-order chi connectivity index (χ0) is 23.5. The summed E-state index contributed by atoms with van der Waals surface area (Å²) < 4.78 is 10.8. The molecule has 0 aromatic heterocycles. The molecule has 3 aromatic carbocycles. The lowest BCUT2D eigenvalue weighted by molar-refractivity contribution is -0.126. The summed E-state index contributed by atoms with van der Waals surface area (Å²) in [4.78, 5) is 15.4. The van der Waals surface area contributed by atoms with Gasteiger partial charge in [0.15, 0.2) is 11.5 Å². The Bertz CT molecular complexity index is 1160. The Hall–Kier alpha value is -3.09. The van der Waals surface area contributed by atoms with Crippen molar-refractivity contribution in [1.82, 2.24) is 15.5 Å². The molecule has 34 heavy (non-hydrogen) atoms. The number of nitrogens with one attached hydrogen (secondary N) is 2. The van der Waals surface area contributed by atoms with Crippen LogP contribution in [0.25, 0.3) is 10.8 Å². The van der Waals surface area contributed by atoms with Gasteiger partial charge in [0, 0.05) is 31.7 Å². The molecule has 0 unspecified atom stereocenters. The van der Waals surface area contributed by atoms with E-state index >= 15 is 0 Å². The van der Waals surface area contributed by atoms with Crippen molar-refractivity contribution in [3.8, 4) is 11.5 Å². The van der Waals surface area contributed by atoms with E-state index in [0.29, 0.717) is 12.6 Å². The first-order chi connectivity index (χ1) is 16.6. The molecule has 1 saturated heterocycles. The van der Waals surface area contributed by atoms with Crippen LogP contribution in [-0.2, 0) is 17.8 Å². The van der Waals surface area contributed by atoms with Gasteiger partial charge < -0.3 is 20.1 Å². The number of amides is 1. The molecule has 1 fully saturated rings. The van der Waals surface area contributed by atoms with Crippen molar-refractivity contribution in [3.63, 3.8) is 0 Å². The van der Waals surface area contributed by atoms with E-state index in [1.165, 1.54) is 16.3 Å². The van der Waals surface area contributed by atoms with Gasteiger partial charge in [-0.3, -0.25) is 9.69 Å². The van der Waals surface area contributed by atoms with Gasteiger partial charge in [0.25, 0.3) is 0 Å². The molecule has 6 nitrogen and oxygen atoms in total. The van der Waals surface area contributed by atoms with Gasteiger partial charge in [-0.05, 0) is 60.7 Å². The average Bonchev–Trinajstić information content (AvgIpc) is 3.49. The number of carbonyl (C=O) groups excluding carboxylic acids is 1. The largest absolute Gasteiger partial charge is 0.454 e. The van der Waals surface area contributed by atoms with E-state index in [1.54, 1.807) is 0 Å². The van der Waals surface area contributed by atoms with Crippen molar-refractivity contribution in [2.45, 2.75) is 51.4 Å². The summed E-state index contributed by atoms with van der Waals surface area (Å²) in [6.45, 7) is 6.89. The maximum absolute atomic E-state index is 13.1. The quantitative estimate of drug-likeness (QED) is 0.536. The molecular formula is C28H33N3O3. The molecule has 1 amide bonds. The monoisotopic (exact) mass is 459 g/mol. The first-order valence-electron chi connectivity index (χ1n) is 12.2. The zero-order valence-electron chi connectivity index (χ0n) is 19.9. The van der Waals surface area contributed by atoms with Gasteiger partial charge in [-0.15, -0.1) is 0 Å². The van der Waals surface area contributed by atoms with Crippen LogP contribution in [0.1, 0.15) is 31.4 Å². The fourth-order valence-electron chi connectivity index (χ4n) is 5.08. The predicted molar refractivity (Wildman–Crippen MR) is 134 cm³/mol. The van der Waals surface area contributed by atoms with Crippen LogP contribution in [0.3, 0.4) is 0 Å². The van der Waals surface area contributed by atoms with Crippen LogP contribution in [0.5, 0.6) is 11.5 Å². The summed E-state index contributed by atoms with van der Waals surface area (Å²) in [5, 5.41) is 9.43. The maximum atomic E-state index is 13.1. The summed E-state index contributed by atoms with van der Waals surface area (Å²) in [5.74, 6) is 1.68. The Kier molecular flexibility index (Phi) is 6.70. The van der Waals surface area contributed by atoms with E-state index in [4.69, 9.17) is 9.47 Å². The minimum Gasteiger partial charge on any atom is -0.454 e. The smallest absolute Gasteiger partial charge is 0.237 e. The Morgan fingerprint density at radius 3 is 2.76 bits per heavy atom. The van der Waals surface area contributed by atoms with Crippen LogP contribution in [0.2, 0.25) is 0 Å². The van der Waals surface area contributed by atoms with Crippen LogP contribution in [0.15, 0.2) is 60.7 Å². The number of likely N-dealkylation sites (tertiary alicyclic amines) is 1. The molecule has 0 saturated carbocycles.